The minimum Gasteiger partial charge on any atom is -0.508 e. The Balaban J connectivity index is 1.78. The van der Waals surface area contributed by atoms with Gasteiger partial charge >= 0.3 is 6.03 Å². The van der Waals surface area contributed by atoms with E-state index in [1.54, 1.807) is 6.07 Å². The van der Waals surface area contributed by atoms with Crippen LogP contribution in [0.1, 0.15) is 62.4 Å². The van der Waals surface area contributed by atoms with E-state index in [1.165, 1.54) is 22.4 Å². The van der Waals surface area contributed by atoms with Crippen molar-refractivity contribution in [3.63, 3.8) is 0 Å². The number of hydrogen-bond acceptors (Lipinski definition) is 3. The molecule has 2 aliphatic rings. The molecule has 174 valence electrons. The Morgan fingerprint density at radius 3 is 2.62 bits per heavy atom. The topological polar surface area (TPSA) is 48.7 Å². The van der Waals surface area contributed by atoms with Crippen LogP contribution < -0.4 is 0 Å². The van der Waals surface area contributed by atoms with E-state index in [0.29, 0.717) is 11.7 Å². The van der Waals surface area contributed by atoms with Crippen molar-refractivity contribution >= 4 is 6.03 Å². The van der Waals surface area contributed by atoms with Gasteiger partial charge in [0.25, 0.3) is 0 Å². The summed E-state index contributed by atoms with van der Waals surface area (Å²) in [4.78, 5) is 18.2. The molecule has 2 heterocycles. The highest BCUT2D eigenvalue weighted by Gasteiger charge is 2.48. The quantitative estimate of drug-likeness (QED) is 0.694. The first-order valence-corrected chi connectivity index (χ1v) is 12.4. The molecular weight excluding hydrogens is 398 g/mol. The molecule has 1 N–H and O–H groups in total. The number of phenols is 1. The van der Waals surface area contributed by atoms with Gasteiger partial charge in [-0.2, -0.15) is 0 Å². The fraction of sp³-hybridized carbons (Fsp3) is 0.593. The Bertz CT molecular complexity index is 960. The van der Waals surface area contributed by atoms with E-state index in [2.05, 4.69) is 44.9 Å². The highest BCUT2D eigenvalue weighted by Crippen LogP contribution is 2.49. The van der Waals surface area contributed by atoms with Crippen molar-refractivity contribution in [2.45, 2.75) is 65.2 Å². The maximum Gasteiger partial charge on any atom is 0.328 e. The molecule has 1 saturated heterocycles. The van der Waals surface area contributed by atoms with Gasteiger partial charge < -0.3 is 14.9 Å². The lowest BCUT2D eigenvalue weighted by Crippen LogP contribution is -2.54. The summed E-state index contributed by atoms with van der Waals surface area (Å²) in [5, 5.41) is 10.3. The number of fused-ring (bicyclic) bond motifs is 2. The molecule has 5 nitrogen and oxygen atoms in total. The first kappa shape index (κ1) is 22.9. The van der Waals surface area contributed by atoms with Crippen LogP contribution in [-0.4, -0.2) is 58.2 Å². The monoisotopic (exact) mass is 437 g/mol. The molecule has 0 spiro atoms. The summed E-state index contributed by atoms with van der Waals surface area (Å²) in [6.07, 6.45) is 6.93. The molecule has 1 aliphatic carbocycles. The van der Waals surface area contributed by atoms with Crippen LogP contribution in [0.2, 0.25) is 0 Å². The van der Waals surface area contributed by atoms with Crippen molar-refractivity contribution in [3.8, 4) is 5.75 Å². The molecule has 1 aromatic heterocycles. The Hall–Kier alpha value is -2.27. The third kappa shape index (κ3) is 3.96. The molecule has 1 aliphatic heterocycles. The van der Waals surface area contributed by atoms with Crippen LogP contribution in [0.3, 0.4) is 0 Å². The minimum absolute atomic E-state index is 0.0411. The lowest BCUT2D eigenvalue weighted by Gasteiger charge is -2.51. The van der Waals surface area contributed by atoms with E-state index < -0.39 is 0 Å². The lowest BCUT2D eigenvalue weighted by atomic mass is 9.58. The molecule has 32 heavy (non-hydrogen) atoms. The highest BCUT2D eigenvalue weighted by molar-refractivity contribution is 5.79. The zero-order chi connectivity index (χ0) is 22.9. The number of hydrogen-bond donors (Lipinski definition) is 1. The summed E-state index contributed by atoms with van der Waals surface area (Å²) in [5.74, 6) is 0.816. The number of piperidine rings is 1. The predicted molar refractivity (Wildman–Crippen MR) is 130 cm³/mol. The number of aromatic nitrogens is 1. The number of likely N-dealkylation sites (tertiary alicyclic amines) is 1. The van der Waals surface area contributed by atoms with Crippen LogP contribution >= 0.6 is 0 Å². The second kappa shape index (κ2) is 9.30. The molecule has 1 fully saturated rings. The number of rotatable bonds is 6. The smallest absolute Gasteiger partial charge is 0.328 e. The van der Waals surface area contributed by atoms with Crippen molar-refractivity contribution in [1.82, 2.24) is 14.4 Å². The lowest BCUT2D eigenvalue weighted by molar-refractivity contribution is 0.0840. The van der Waals surface area contributed by atoms with Crippen LogP contribution in [0, 0.1) is 12.8 Å². The van der Waals surface area contributed by atoms with Crippen LogP contribution in [0.25, 0.3) is 0 Å². The van der Waals surface area contributed by atoms with Gasteiger partial charge in [0, 0.05) is 36.9 Å². The van der Waals surface area contributed by atoms with E-state index >= 15 is 0 Å². The average Bonchev–Trinajstić information content (AvgIpc) is 3.11. The number of amides is 1. The van der Waals surface area contributed by atoms with Crippen molar-refractivity contribution in [1.29, 1.82) is 0 Å². The fourth-order valence-electron chi connectivity index (χ4n) is 6.12. The van der Waals surface area contributed by atoms with Crippen LogP contribution in [0.5, 0.6) is 5.75 Å². The molecule has 1 aromatic carbocycles. The molecule has 2 atom stereocenters. The van der Waals surface area contributed by atoms with Gasteiger partial charge in [0.2, 0.25) is 0 Å². The largest absolute Gasteiger partial charge is 0.508 e. The van der Waals surface area contributed by atoms with Gasteiger partial charge in [-0.05, 0) is 86.9 Å². The third-order valence-corrected chi connectivity index (χ3v) is 7.84. The summed E-state index contributed by atoms with van der Waals surface area (Å²) in [6, 6.07) is 7.99. The summed E-state index contributed by atoms with van der Waals surface area (Å²) >= 11 is 0. The normalized spacial score (nSPS) is 22.9. The number of carbonyl (C=O) groups excluding carboxylic acids is 1. The van der Waals surface area contributed by atoms with Crippen LogP contribution in [0.4, 0.5) is 4.79 Å². The molecular formula is C27H39N3O2. The number of aryl methyl sites for hydroxylation is 1. The van der Waals surface area contributed by atoms with Crippen LogP contribution in [-0.2, 0) is 18.3 Å². The highest BCUT2D eigenvalue weighted by atomic mass is 16.3. The molecule has 2 aromatic rings. The van der Waals surface area contributed by atoms with E-state index in [9.17, 15) is 9.90 Å². The van der Waals surface area contributed by atoms with Gasteiger partial charge in [-0.3, -0.25) is 4.57 Å². The zero-order valence-electron chi connectivity index (χ0n) is 20.2. The van der Waals surface area contributed by atoms with Crippen molar-refractivity contribution < 1.29 is 9.90 Å². The summed E-state index contributed by atoms with van der Waals surface area (Å²) < 4.78 is 1.96. The van der Waals surface area contributed by atoms with E-state index in [0.717, 1.165) is 64.8 Å². The summed E-state index contributed by atoms with van der Waals surface area (Å²) in [6.45, 7) is 13.5. The maximum atomic E-state index is 13.6. The maximum absolute atomic E-state index is 13.6. The summed E-state index contributed by atoms with van der Waals surface area (Å²) in [7, 11) is 0. The standard InChI is InChI=1S/C27H39N3O2/c1-5-12-29(13-6-2)26(32)30-18-20(4)24-16-22-19-28(7-3)14-11-27(22,17-25(24)30)21-9-8-10-23(31)15-21/h8-10,15,18,22,31H,5-7,11-14,16-17,19H2,1-4H3. The summed E-state index contributed by atoms with van der Waals surface area (Å²) in [5.41, 5.74) is 4.97. The van der Waals surface area contributed by atoms with Crippen molar-refractivity contribution in [2.75, 3.05) is 32.7 Å². The van der Waals surface area contributed by atoms with Crippen molar-refractivity contribution in [3.05, 3.63) is 52.8 Å². The van der Waals surface area contributed by atoms with Gasteiger partial charge in [0.1, 0.15) is 5.75 Å². The molecule has 5 heteroatoms. The number of benzene rings is 1. The number of nitrogens with zero attached hydrogens (tertiary/aromatic N) is 3. The van der Waals surface area contributed by atoms with Gasteiger partial charge in [-0.1, -0.05) is 32.9 Å². The van der Waals surface area contributed by atoms with Crippen LogP contribution in [0.15, 0.2) is 30.5 Å². The Morgan fingerprint density at radius 1 is 1.22 bits per heavy atom. The molecule has 4 rings (SSSR count). The molecule has 0 radical (unpaired) electrons. The van der Waals surface area contributed by atoms with Crippen molar-refractivity contribution in [2.24, 2.45) is 5.92 Å². The van der Waals surface area contributed by atoms with Gasteiger partial charge in [-0.25, -0.2) is 4.79 Å². The predicted octanol–water partition coefficient (Wildman–Crippen LogP) is 4.97. The van der Waals surface area contributed by atoms with E-state index in [1.807, 2.05) is 21.6 Å². The third-order valence-electron chi connectivity index (χ3n) is 7.84. The first-order valence-electron chi connectivity index (χ1n) is 12.4. The van der Waals surface area contributed by atoms with E-state index in [-0.39, 0.29) is 11.4 Å². The second-order valence-corrected chi connectivity index (χ2v) is 9.80. The number of aromatic hydroxyl groups is 1. The van der Waals surface area contributed by atoms with Gasteiger partial charge in [0.05, 0.1) is 0 Å². The Kier molecular flexibility index (Phi) is 6.66. The zero-order valence-corrected chi connectivity index (χ0v) is 20.2. The molecule has 2 unspecified atom stereocenters. The SMILES string of the molecule is CCCN(CCC)C(=O)n1cc(C)c2c1CC1(c3cccc(O)c3)CCN(CC)CC1C2. The Morgan fingerprint density at radius 2 is 1.97 bits per heavy atom. The Labute approximate surface area is 193 Å². The second-order valence-electron chi connectivity index (χ2n) is 9.80. The average molecular weight is 438 g/mol. The van der Waals surface area contributed by atoms with Gasteiger partial charge in [0.15, 0.2) is 0 Å². The molecule has 0 saturated carbocycles. The number of phenolic OH excluding ortho intramolecular Hbond substituents is 1. The van der Waals surface area contributed by atoms with E-state index in [4.69, 9.17) is 0 Å². The van der Waals surface area contributed by atoms with Gasteiger partial charge in [-0.15, -0.1) is 0 Å². The minimum atomic E-state index is -0.0411. The molecule has 1 amide bonds. The molecule has 0 bridgehead atoms. The fourth-order valence-corrected chi connectivity index (χ4v) is 6.12. The first-order chi connectivity index (χ1) is 15.4. The number of carbonyl (C=O) groups is 1.